The Kier molecular flexibility index (Phi) is 6.06. The fraction of sp³-hybridized carbons (Fsp3) is 0.300. The Balaban J connectivity index is 1.42. The maximum absolute atomic E-state index is 12.6. The van der Waals surface area contributed by atoms with Crippen LogP contribution in [-0.2, 0) is 9.53 Å². The number of ether oxygens (including phenoxy) is 1. The molecule has 8 nitrogen and oxygen atoms in total. The second-order valence-electron chi connectivity index (χ2n) is 6.61. The van der Waals surface area contributed by atoms with Gasteiger partial charge in [0.05, 0.1) is 36.0 Å². The molecule has 150 valence electrons. The zero-order valence-corrected chi connectivity index (χ0v) is 16.9. The Morgan fingerprint density at radius 3 is 2.62 bits per heavy atom. The van der Waals surface area contributed by atoms with Crippen molar-refractivity contribution >= 4 is 29.0 Å². The lowest BCUT2D eigenvalue weighted by molar-refractivity contribution is -0.113. The van der Waals surface area contributed by atoms with Crippen LogP contribution in [0.5, 0.6) is 0 Å². The number of aryl methyl sites for hydroxylation is 1. The third kappa shape index (κ3) is 4.57. The number of rotatable bonds is 6. The Morgan fingerprint density at radius 1 is 1.10 bits per heavy atom. The minimum absolute atomic E-state index is 0.102. The van der Waals surface area contributed by atoms with Crippen molar-refractivity contribution in [2.24, 2.45) is 0 Å². The van der Waals surface area contributed by atoms with Crippen molar-refractivity contribution in [2.75, 3.05) is 42.3 Å². The monoisotopic (exact) mass is 410 g/mol. The molecule has 4 rings (SSSR count). The highest BCUT2D eigenvalue weighted by Gasteiger charge is 2.17. The Labute approximate surface area is 173 Å². The molecule has 29 heavy (non-hydrogen) atoms. The highest BCUT2D eigenvalue weighted by Crippen LogP contribution is 2.27. The van der Waals surface area contributed by atoms with Gasteiger partial charge in [0.1, 0.15) is 0 Å². The van der Waals surface area contributed by atoms with Crippen LogP contribution in [0.4, 0.5) is 11.4 Å². The first-order valence-corrected chi connectivity index (χ1v) is 10.4. The molecule has 2 heterocycles. The zero-order valence-electron chi connectivity index (χ0n) is 16.1. The number of hydrogen-bond acceptors (Lipinski definition) is 7. The fourth-order valence-corrected chi connectivity index (χ4v) is 3.88. The van der Waals surface area contributed by atoms with Crippen molar-refractivity contribution < 1.29 is 9.53 Å². The molecule has 0 atom stereocenters. The lowest BCUT2D eigenvalue weighted by Gasteiger charge is -2.30. The Hall–Kier alpha value is -2.91. The van der Waals surface area contributed by atoms with E-state index < -0.39 is 0 Å². The predicted octanol–water partition coefficient (Wildman–Crippen LogP) is 2.54. The molecule has 1 N–H and O–H groups in total. The van der Waals surface area contributed by atoms with Crippen LogP contribution in [0, 0.1) is 6.92 Å². The molecule has 0 spiro atoms. The van der Waals surface area contributed by atoms with E-state index in [9.17, 15) is 4.79 Å². The number of hydrogen-bond donors (Lipinski definition) is 1. The van der Waals surface area contributed by atoms with E-state index in [4.69, 9.17) is 4.74 Å². The number of nitrogens with zero attached hydrogens (tertiary/aromatic N) is 5. The van der Waals surface area contributed by atoms with Crippen molar-refractivity contribution in [1.82, 2.24) is 20.2 Å². The van der Waals surface area contributed by atoms with Crippen molar-refractivity contribution in [3.63, 3.8) is 0 Å². The molecule has 1 aliphatic rings. The normalized spacial score (nSPS) is 14.0. The zero-order chi connectivity index (χ0) is 20.1. The molecule has 0 saturated carbocycles. The third-order valence-corrected chi connectivity index (χ3v) is 5.57. The standard InChI is InChI=1S/C20H22N6O2S/c1-15-6-2-4-8-17(15)26-20(22-23-24-26)29-14-19(27)21-16-7-3-5-9-18(16)25-10-12-28-13-11-25/h2-9H,10-14H2,1H3,(H,21,27). The van der Waals surface area contributed by atoms with Gasteiger partial charge in [-0.3, -0.25) is 4.79 Å². The average Bonchev–Trinajstić information content (AvgIpc) is 3.22. The number of aromatic nitrogens is 4. The van der Waals surface area contributed by atoms with Gasteiger partial charge in [-0.25, -0.2) is 0 Å². The summed E-state index contributed by atoms with van der Waals surface area (Å²) in [6.45, 7) is 5.01. The topological polar surface area (TPSA) is 85.2 Å². The van der Waals surface area contributed by atoms with E-state index in [1.54, 1.807) is 4.68 Å². The van der Waals surface area contributed by atoms with E-state index >= 15 is 0 Å². The summed E-state index contributed by atoms with van der Waals surface area (Å²) in [7, 11) is 0. The highest BCUT2D eigenvalue weighted by molar-refractivity contribution is 7.99. The van der Waals surface area contributed by atoms with E-state index in [1.807, 2.05) is 55.5 Å². The summed E-state index contributed by atoms with van der Waals surface area (Å²) >= 11 is 1.31. The van der Waals surface area contributed by atoms with Gasteiger partial charge in [0.2, 0.25) is 11.1 Å². The fourth-order valence-electron chi connectivity index (χ4n) is 3.20. The summed E-state index contributed by atoms with van der Waals surface area (Å²) in [6, 6.07) is 15.7. The molecule has 9 heteroatoms. The second-order valence-corrected chi connectivity index (χ2v) is 7.56. The number of carbonyl (C=O) groups is 1. The molecule has 3 aromatic rings. The quantitative estimate of drug-likeness (QED) is 0.625. The summed E-state index contributed by atoms with van der Waals surface area (Å²) in [5.74, 6) is 0.110. The number of nitrogens with one attached hydrogen (secondary N) is 1. The van der Waals surface area contributed by atoms with Crippen LogP contribution in [0.15, 0.2) is 53.7 Å². The molecule has 0 aliphatic carbocycles. The van der Waals surface area contributed by atoms with E-state index in [-0.39, 0.29) is 11.7 Å². The number of tetrazole rings is 1. The maximum Gasteiger partial charge on any atom is 0.234 e. The lowest BCUT2D eigenvalue weighted by atomic mass is 10.2. The van der Waals surface area contributed by atoms with E-state index in [0.717, 1.165) is 35.7 Å². The van der Waals surface area contributed by atoms with Gasteiger partial charge in [-0.2, -0.15) is 4.68 Å². The smallest absolute Gasteiger partial charge is 0.234 e. The number of morpholine rings is 1. The first-order chi connectivity index (χ1) is 14.2. The van der Waals surface area contributed by atoms with Crippen LogP contribution >= 0.6 is 11.8 Å². The molecule has 1 aromatic heterocycles. The SMILES string of the molecule is Cc1ccccc1-n1nnnc1SCC(=O)Nc1ccccc1N1CCOCC1. The number of thioether (sulfide) groups is 1. The number of anilines is 2. The van der Waals surface area contributed by atoms with Crippen molar-refractivity contribution in [1.29, 1.82) is 0 Å². The Morgan fingerprint density at radius 2 is 1.83 bits per heavy atom. The van der Waals surface area contributed by atoms with Gasteiger partial charge in [-0.05, 0) is 41.1 Å². The summed E-state index contributed by atoms with van der Waals surface area (Å²) in [6.07, 6.45) is 0. The number of carbonyl (C=O) groups excluding carboxylic acids is 1. The van der Waals surface area contributed by atoms with Gasteiger partial charge >= 0.3 is 0 Å². The van der Waals surface area contributed by atoms with Crippen molar-refractivity contribution in [2.45, 2.75) is 12.1 Å². The molecule has 1 saturated heterocycles. The van der Waals surface area contributed by atoms with Crippen LogP contribution in [-0.4, -0.2) is 58.2 Å². The molecule has 0 unspecified atom stereocenters. The van der Waals surface area contributed by atoms with E-state index in [0.29, 0.717) is 18.4 Å². The van der Waals surface area contributed by atoms with Crippen LogP contribution in [0.2, 0.25) is 0 Å². The van der Waals surface area contributed by atoms with E-state index in [1.165, 1.54) is 11.8 Å². The van der Waals surface area contributed by atoms with Crippen LogP contribution in [0.1, 0.15) is 5.56 Å². The molecule has 0 bridgehead atoms. The summed E-state index contributed by atoms with van der Waals surface area (Å²) < 4.78 is 7.09. The van der Waals surface area contributed by atoms with Crippen LogP contribution in [0.25, 0.3) is 5.69 Å². The summed E-state index contributed by atoms with van der Waals surface area (Å²) in [4.78, 5) is 14.8. The lowest BCUT2D eigenvalue weighted by Crippen LogP contribution is -2.36. The molecule has 2 aromatic carbocycles. The van der Waals surface area contributed by atoms with Crippen molar-refractivity contribution in [3.05, 3.63) is 54.1 Å². The largest absolute Gasteiger partial charge is 0.378 e. The van der Waals surface area contributed by atoms with Gasteiger partial charge in [-0.15, -0.1) is 5.10 Å². The number of para-hydroxylation sites is 3. The molecular formula is C20H22N6O2S. The highest BCUT2D eigenvalue weighted by atomic mass is 32.2. The average molecular weight is 411 g/mol. The maximum atomic E-state index is 12.6. The second kappa shape index (κ2) is 9.06. The van der Waals surface area contributed by atoms with Gasteiger partial charge in [0, 0.05) is 13.1 Å². The first kappa shape index (κ1) is 19.4. The first-order valence-electron chi connectivity index (χ1n) is 9.41. The van der Waals surface area contributed by atoms with Crippen molar-refractivity contribution in [3.8, 4) is 5.69 Å². The van der Waals surface area contributed by atoms with E-state index in [2.05, 4.69) is 25.7 Å². The molecule has 1 aliphatic heterocycles. The molecule has 0 radical (unpaired) electrons. The number of amides is 1. The Bertz CT molecular complexity index is 986. The molecular weight excluding hydrogens is 388 g/mol. The third-order valence-electron chi connectivity index (χ3n) is 4.65. The minimum Gasteiger partial charge on any atom is -0.378 e. The van der Waals surface area contributed by atoms with Gasteiger partial charge in [-0.1, -0.05) is 42.1 Å². The number of benzene rings is 2. The van der Waals surface area contributed by atoms with Gasteiger partial charge < -0.3 is 15.0 Å². The van der Waals surface area contributed by atoms with Gasteiger partial charge in [0.15, 0.2) is 0 Å². The molecule has 1 amide bonds. The summed E-state index contributed by atoms with van der Waals surface area (Å²) in [5.41, 5.74) is 3.78. The van der Waals surface area contributed by atoms with Crippen LogP contribution < -0.4 is 10.2 Å². The molecule has 1 fully saturated rings. The predicted molar refractivity (Wildman–Crippen MR) is 113 cm³/mol. The minimum atomic E-state index is -0.102. The van der Waals surface area contributed by atoms with Crippen LogP contribution in [0.3, 0.4) is 0 Å². The van der Waals surface area contributed by atoms with Gasteiger partial charge in [0.25, 0.3) is 0 Å². The summed E-state index contributed by atoms with van der Waals surface area (Å²) in [5, 5.41) is 15.5.